The third kappa shape index (κ3) is 3.45. The molecule has 1 fully saturated rings. The average molecular weight is 266 g/mol. The second-order valence-electron chi connectivity index (χ2n) is 5.20. The first-order valence-electron chi connectivity index (χ1n) is 6.87. The van der Waals surface area contributed by atoms with Crippen molar-refractivity contribution in [3.63, 3.8) is 0 Å². The van der Waals surface area contributed by atoms with Crippen LogP contribution in [0.25, 0.3) is 0 Å². The van der Waals surface area contributed by atoms with Crippen LogP contribution in [0.4, 0.5) is 4.39 Å². The topological polar surface area (TPSA) is 24.5 Å². The van der Waals surface area contributed by atoms with Crippen LogP contribution in [-0.4, -0.2) is 38.7 Å². The summed E-state index contributed by atoms with van der Waals surface area (Å²) in [6.45, 7) is 0.966. The maximum absolute atomic E-state index is 14.0. The Bertz CT molecular complexity index is 421. The highest BCUT2D eigenvalue weighted by Crippen LogP contribution is 2.31. The van der Waals surface area contributed by atoms with Gasteiger partial charge in [0.25, 0.3) is 0 Å². The van der Waals surface area contributed by atoms with E-state index in [2.05, 4.69) is 17.3 Å². The zero-order valence-electron chi connectivity index (χ0n) is 11.9. The van der Waals surface area contributed by atoms with Crippen molar-refractivity contribution in [1.29, 1.82) is 0 Å². The quantitative estimate of drug-likeness (QED) is 0.821. The lowest BCUT2D eigenvalue weighted by Crippen LogP contribution is -2.27. The molecule has 0 radical (unpaired) electrons. The van der Waals surface area contributed by atoms with Gasteiger partial charge in [-0.05, 0) is 52.0 Å². The first-order valence-corrected chi connectivity index (χ1v) is 6.87. The summed E-state index contributed by atoms with van der Waals surface area (Å²) in [5.74, 6) is 0.418. The fourth-order valence-electron chi connectivity index (χ4n) is 2.50. The zero-order valence-corrected chi connectivity index (χ0v) is 11.9. The number of hydrogen-bond donors (Lipinski definition) is 1. The van der Waals surface area contributed by atoms with Gasteiger partial charge >= 0.3 is 0 Å². The van der Waals surface area contributed by atoms with Crippen LogP contribution < -0.4 is 10.1 Å². The minimum Gasteiger partial charge on any atom is -0.496 e. The monoisotopic (exact) mass is 266 g/mol. The third-order valence-electron chi connectivity index (χ3n) is 3.87. The summed E-state index contributed by atoms with van der Waals surface area (Å²) in [5, 5.41) is 3.20. The first-order chi connectivity index (χ1) is 9.17. The first kappa shape index (κ1) is 14.3. The van der Waals surface area contributed by atoms with E-state index in [9.17, 15) is 4.39 Å². The van der Waals surface area contributed by atoms with Gasteiger partial charge in [-0.2, -0.15) is 0 Å². The fourth-order valence-corrected chi connectivity index (χ4v) is 2.50. The molecule has 106 valence electrons. The summed E-state index contributed by atoms with van der Waals surface area (Å²) in [6, 6.07) is 5.71. The second kappa shape index (κ2) is 6.35. The van der Waals surface area contributed by atoms with E-state index >= 15 is 0 Å². The number of hydrogen-bond acceptors (Lipinski definition) is 3. The highest BCUT2D eigenvalue weighted by molar-refractivity contribution is 5.37. The van der Waals surface area contributed by atoms with Crippen LogP contribution in [0.1, 0.15) is 30.9 Å². The molecule has 1 aliphatic carbocycles. The number of halogens is 1. The van der Waals surface area contributed by atoms with Crippen LogP contribution in [0.5, 0.6) is 5.75 Å². The van der Waals surface area contributed by atoms with Crippen molar-refractivity contribution in [3.8, 4) is 5.75 Å². The van der Waals surface area contributed by atoms with E-state index < -0.39 is 0 Å². The predicted molar refractivity (Wildman–Crippen MR) is 75.0 cm³/mol. The Morgan fingerprint density at radius 3 is 2.79 bits per heavy atom. The Balaban J connectivity index is 2.07. The molecule has 0 spiro atoms. The van der Waals surface area contributed by atoms with Crippen LogP contribution in [0.15, 0.2) is 18.2 Å². The van der Waals surface area contributed by atoms with E-state index in [-0.39, 0.29) is 11.9 Å². The molecule has 3 nitrogen and oxygen atoms in total. The molecule has 1 unspecified atom stereocenters. The Labute approximate surface area is 114 Å². The summed E-state index contributed by atoms with van der Waals surface area (Å²) in [6.07, 6.45) is 3.47. The average Bonchev–Trinajstić information content (AvgIpc) is 3.24. The van der Waals surface area contributed by atoms with Gasteiger partial charge in [0, 0.05) is 17.6 Å². The van der Waals surface area contributed by atoms with Gasteiger partial charge in [0.15, 0.2) is 0 Å². The number of nitrogens with zero attached hydrogens (tertiary/aromatic N) is 1. The van der Waals surface area contributed by atoms with E-state index in [1.165, 1.54) is 18.9 Å². The Hall–Kier alpha value is -1.13. The van der Waals surface area contributed by atoms with Gasteiger partial charge in [-0.3, -0.25) is 0 Å². The van der Waals surface area contributed by atoms with Crippen molar-refractivity contribution < 1.29 is 9.13 Å². The van der Waals surface area contributed by atoms with Gasteiger partial charge in [-0.25, -0.2) is 4.39 Å². The summed E-state index contributed by atoms with van der Waals surface area (Å²) in [4.78, 5) is 2.36. The molecule has 0 heterocycles. The highest BCUT2D eigenvalue weighted by atomic mass is 19.1. The second-order valence-corrected chi connectivity index (χ2v) is 5.20. The summed E-state index contributed by atoms with van der Waals surface area (Å²) >= 11 is 0. The fraction of sp³-hybridized carbons (Fsp3) is 0.600. The number of nitrogens with one attached hydrogen (secondary N) is 1. The molecule has 2 rings (SSSR count). The van der Waals surface area contributed by atoms with Crippen LogP contribution in [0, 0.1) is 5.82 Å². The molecule has 0 aromatic heterocycles. The number of methoxy groups -OCH3 is 1. The summed E-state index contributed by atoms with van der Waals surface area (Å²) in [7, 11) is 5.60. The van der Waals surface area contributed by atoms with Crippen molar-refractivity contribution in [3.05, 3.63) is 29.6 Å². The van der Waals surface area contributed by atoms with Gasteiger partial charge < -0.3 is 15.0 Å². The standard InChI is InChI=1S/C15H23FN2O/c1-17-13(9-10-18(2)11-7-8-11)15-12(16)5-4-6-14(15)19-3/h4-6,11,13,17H,7-10H2,1-3H3. The molecule has 0 bridgehead atoms. The lowest BCUT2D eigenvalue weighted by molar-refractivity contribution is 0.297. The largest absolute Gasteiger partial charge is 0.496 e. The molecular formula is C15H23FN2O. The van der Waals surface area contributed by atoms with Crippen molar-refractivity contribution in [2.75, 3.05) is 27.7 Å². The molecule has 1 atom stereocenters. The van der Waals surface area contributed by atoms with E-state index in [4.69, 9.17) is 4.74 Å². The lowest BCUT2D eigenvalue weighted by atomic mass is 10.0. The van der Waals surface area contributed by atoms with Crippen LogP contribution in [-0.2, 0) is 0 Å². The van der Waals surface area contributed by atoms with Crippen molar-refractivity contribution in [2.45, 2.75) is 31.3 Å². The molecule has 0 saturated heterocycles. The van der Waals surface area contributed by atoms with Gasteiger partial charge in [-0.15, -0.1) is 0 Å². The third-order valence-corrected chi connectivity index (χ3v) is 3.87. The van der Waals surface area contributed by atoms with Gasteiger partial charge in [0.1, 0.15) is 11.6 Å². The van der Waals surface area contributed by atoms with Gasteiger partial charge in [0.2, 0.25) is 0 Å². The Morgan fingerprint density at radius 1 is 1.47 bits per heavy atom. The van der Waals surface area contributed by atoms with Gasteiger partial charge in [0.05, 0.1) is 7.11 Å². The van der Waals surface area contributed by atoms with Crippen molar-refractivity contribution in [1.82, 2.24) is 10.2 Å². The zero-order chi connectivity index (χ0) is 13.8. The summed E-state index contributed by atoms with van der Waals surface area (Å²) in [5.41, 5.74) is 0.636. The molecule has 1 saturated carbocycles. The normalized spacial score (nSPS) is 16.7. The Kier molecular flexibility index (Phi) is 4.77. The summed E-state index contributed by atoms with van der Waals surface area (Å²) < 4.78 is 19.3. The molecule has 1 aromatic rings. The molecule has 1 aliphatic rings. The minimum absolute atomic E-state index is 0.0163. The maximum Gasteiger partial charge on any atom is 0.131 e. The predicted octanol–water partition coefficient (Wildman–Crippen LogP) is 2.58. The molecular weight excluding hydrogens is 243 g/mol. The number of ether oxygens (including phenoxy) is 1. The molecule has 0 amide bonds. The van der Waals surface area contributed by atoms with Crippen LogP contribution >= 0.6 is 0 Å². The van der Waals surface area contributed by atoms with Crippen LogP contribution in [0.3, 0.4) is 0 Å². The SMILES string of the molecule is CNC(CCN(C)C1CC1)c1c(F)cccc1OC. The number of rotatable bonds is 7. The minimum atomic E-state index is -0.201. The van der Waals surface area contributed by atoms with E-state index in [1.54, 1.807) is 13.2 Å². The van der Waals surface area contributed by atoms with Crippen molar-refractivity contribution >= 4 is 0 Å². The molecule has 1 aromatic carbocycles. The smallest absolute Gasteiger partial charge is 0.131 e. The molecule has 1 N–H and O–H groups in total. The van der Waals surface area contributed by atoms with Crippen LogP contribution in [0.2, 0.25) is 0 Å². The van der Waals surface area contributed by atoms with E-state index in [0.717, 1.165) is 19.0 Å². The molecule has 0 aliphatic heterocycles. The highest BCUT2D eigenvalue weighted by Gasteiger charge is 2.27. The lowest BCUT2D eigenvalue weighted by Gasteiger charge is -2.23. The Morgan fingerprint density at radius 2 is 2.21 bits per heavy atom. The van der Waals surface area contributed by atoms with E-state index in [0.29, 0.717) is 11.3 Å². The van der Waals surface area contributed by atoms with Crippen molar-refractivity contribution in [2.24, 2.45) is 0 Å². The number of benzene rings is 1. The van der Waals surface area contributed by atoms with E-state index in [1.807, 2.05) is 13.1 Å². The molecule has 19 heavy (non-hydrogen) atoms. The maximum atomic E-state index is 14.0. The van der Waals surface area contributed by atoms with Gasteiger partial charge in [-0.1, -0.05) is 6.07 Å². The molecule has 4 heteroatoms.